The van der Waals surface area contributed by atoms with Crippen molar-refractivity contribution >= 4 is 88.1 Å². The SMILES string of the molecule is CC[C@H](C)[C@@H]([C@@H](CC(=O)N1CCC[C@H]1[C@H](OC)[C@@H](C)C(=O)N[C@@H](Cc1ccccc1)c1nccs1)OC)N(C)C(=O)[C@@H](NC(=O)C(C)(C)NC(=O)OCc1ccc(NC(=O)[C@H](CCCNC(N)=O)NC(=O)[C@@H](NC(=O)[C@H](CCCCNC(=O)C(C)(C)CC[C@@H](C)C(C)=O)NC(=O)[C@H](N)CO)C(C)C)cc1)C(C)C. The van der Waals surface area contributed by atoms with Crippen molar-refractivity contribution in [3.63, 3.8) is 0 Å². The highest BCUT2D eigenvalue weighted by molar-refractivity contribution is 7.09. The van der Waals surface area contributed by atoms with E-state index in [1.165, 1.54) is 56.3 Å². The van der Waals surface area contributed by atoms with E-state index in [9.17, 15) is 62.6 Å². The van der Waals surface area contributed by atoms with Crippen molar-refractivity contribution < 1.29 is 76.9 Å². The van der Waals surface area contributed by atoms with Crippen LogP contribution in [-0.2, 0) is 75.2 Å². The van der Waals surface area contributed by atoms with Crippen LogP contribution >= 0.6 is 11.3 Å². The van der Waals surface area contributed by atoms with Gasteiger partial charge in [0, 0.05) is 69.5 Å². The van der Waals surface area contributed by atoms with Gasteiger partial charge in [0.2, 0.25) is 53.2 Å². The zero-order valence-corrected chi connectivity index (χ0v) is 66.8. The highest BCUT2D eigenvalue weighted by Crippen LogP contribution is 2.32. The average molecular weight is 1530 g/mol. The minimum absolute atomic E-state index is 0.00728. The van der Waals surface area contributed by atoms with E-state index < -0.39 is 137 Å². The number of rotatable bonds is 46. The third-order valence-electron chi connectivity index (χ3n) is 20.1. The number of anilines is 1. The number of aliphatic hydroxyl groups excluding tert-OH is 1. The maximum atomic E-state index is 14.8. The van der Waals surface area contributed by atoms with Gasteiger partial charge in [-0.05, 0) is 126 Å². The second-order valence-electron chi connectivity index (χ2n) is 30.2. The molecule has 0 aliphatic carbocycles. The van der Waals surface area contributed by atoms with Gasteiger partial charge in [0.05, 0.1) is 49.3 Å². The maximum absolute atomic E-state index is 14.8. The van der Waals surface area contributed by atoms with Crippen LogP contribution in [0.5, 0.6) is 0 Å². The van der Waals surface area contributed by atoms with Crippen LogP contribution < -0.4 is 59.3 Å². The number of primary amides is 1. The number of Topliss-reactive ketones (excluding diaryl/α,β-unsaturated/α-hetero) is 1. The third-order valence-corrected chi connectivity index (χ3v) is 21.0. The van der Waals surface area contributed by atoms with Crippen LogP contribution in [0.1, 0.15) is 183 Å². The van der Waals surface area contributed by atoms with Crippen molar-refractivity contribution in [1.29, 1.82) is 0 Å². The Labute approximate surface area is 640 Å². The Kier molecular flexibility index (Phi) is 38.0. The lowest BCUT2D eigenvalue weighted by molar-refractivity contribution is -0.148. The van der Waals surface area contributed by atoms with Crippen LogP contribution in [0.15, 0.2) is 66.2 Å². The van der Waals surface area contributed by atoms with Crippen molar-refractivity contribution in [2.75, 3.05) is 52.8 Å². The van der Waals surface area contributed by atoms with E-state index in [4.69, 9.17) is 25.7 Å². The third kappa shape index (κ3) is 28.7. The van der Waals surface area contributed by atoms with Crippen LogP contribution in [0, 0.1) is 35.0 Å². The molecular weight excluding hydrogens is 1410 g/mol. The molecule has 0 unspecified atom stereocenters. The molecule has 1 aliphatic rings. The zero-order valence-electron chi connectivity index (χ0n) is 66.0. The summed E-state index contributed by atoms with van der Waals surface area (Å²) in [4.78, 5) is 170. The second-order valence-corrected chi connectivity index (χ2v) is 31.1. The highest BCUT2D eigenvalue weighted by Gasteiger charge is 2.45. The lowest BCUT2D eigenvalue weighted by Crippen LogP contribution is -2.62. The Hall–Kier alpha value is -8.65. The topological polar surface area (TPSA) is 432 Å². The summed E-state index contributed by atoms with van der Waals surface area (Å²) < 4.78 is 17.7. The number of ketones is 1. The number of unbranched alkanes of at least 4 members (excludes halogenated alkanes) is 1. The number of amides is 12. The normalized spacial score (nSPS) is 16.4. The number of nitrogens with one attached hydrogen (secondary N) is 9. The molecule has 602 valence electrons. The molecule has 4 rings (SSSR count). The van der Waals surface area contributed by atoms with E-state index >= 15 is 0 Å². The summed E-state index contributed by atoms with van der Waals surface area (Å²) in [5.41, 5.74) is 10.5. The summed E-state index contributed by atoms with van der Waals surface area (Å²) in [6, 6.07) is 7.62. The molecule has 0 radical (unpaired) electrons. The fourth-order valence-corrected chi connectivity index (χ4v) is 13.5. The summed E-state index contributed by atoms with van der Waals surface area (Å²) >= 11 is 1.46. The first-order chi connectivity index (χ1) is 50.9. The minimum atomic E-state index is -1.62. The Balaban J connectivity index is 1.38. The maximum Gasteiger partial charge on any atom is 0.408 e. The number of carbonyl (C=O) groups is 12. The fourth-order valence-electron chi connectivity index (χ4n) is 12.8. The first-order valence-corrected chi connectivity index (χ1v) is 38.4. The number of carbonyl (C=O) groups excluding carboxylic acids is 12. The number of urea groups is 1. The summed E-state index contributed by atoms with van der Waals surface area (Å²) in [7, 11) is 4.67. The van der Waals surface area contributed by atoms with Crippen LogP contribution in [0.2, 0.25) is 0 Å². The highest BCUT2D eigenvalue weighted by atomic mass is 32.1. The van der Waals surface area contributed by atoms with Crippen LogP contribution in [0.25, 0.3) is 0 Å². The number of hydrogen-bond acceptors (Lipinski definition) is 19. The number of likely N-dealkylation sites (N-methyl/N-ethyl adjacent to an activating group) is 1. The van der Waals surface area contributed by atoms with Gasteiger partial charge in [-0.1, -0.05) is 118 Å². The Morgan fingerprint density at radius 2 is 1.35 bits per heavy atom. The first kappa shape index (κ1) is 91.7. The number of nitrogens with zero attached hydrogens (tertiary/aromatic N) is 3. The predicted molar refractivity (Wildman–Crippen MR) is 411 cm³/mol. The molecule has 0 saturated carbocycles. The average Bonchev–Trinajstić information content (AvgIpc) is 1.37. The molecule has 108 heavy (non-hydrogen) atoms. The molecule has 31 heteroatoms. The van der Waals surface area contributed by atoms with Crippen molar-refractivity contribution in [3.8, 4) is 0 Å². The van der Waals surface area contributed by atoms with Gasteiger partial charge < -0.3 is 88.4 Å². The number of methoxy groups -OCH3 is 2. The Bertz CT molecular complexity index is 3420. The molecule has 0 spiro atoms. The first-order valence-electron chi connectivity index (χ1n) is 37.5. The number of aromatic nitrogens is 1. The number of benzene rings is 2. The van der Waals surface area contributed by atoms with Gasteiger partial charge in [0.1, 0.15) is 53.1 Å². The van der Waals surface area contributed by atoms with Crippen molar-refractivity contribution in [2.24, 2.45) is 46.5 Å². The van der Waals surface area contributed by atoms with Gasteiger partial charge in [0.25, 0.3) is 0 Å². The molecule has 2 aromatic carbocycles. The molecule has 13 atom stereocenters. The van der Waals surface area contributed by atoms with E-state index in [0.29, 0.717) is 63.5 Å². The molecule has 0 bridgehead atoms. The lowest BCUT2D eigenvalue weighted by atomic mass is 9.83. The monoisotopic (exact) mass is 1530 g/mol. The predicted octanol–water partition coefficient (Wildman–Crippen LogP) is 5.44. The van der Waals surface area contributed by atoms with Gasteiger partial charge in [-0.2, -0.15) is 0 Å². The molecule has 14 N–H and O–H groups in total. The second kappa shape index (κ2) is 44.7. The van der Waals surface area contributed by atoms with Crippen LogP contribution in [0.4, 0.5) is 15.3 Å². The summed E-state index contributed by atoms with van der Waals surface area (Å²) in [6.45, 7) is 22.2. The van der Waals surface area contributed by atoms with Gasteiger partial charge in [0.15, 0.2) is 0 Å². The number of thiazole rings is 1. The van der Waals surface area contributed by atoms with E-state index in [-0.39, 0.29) is 92.4 Å². The number of likely N-dealkylation sites (tertiary alicyclic amines) is 1. The largest absolute Gasteiger partial charge is 0.445 e. The smallest absolute Gasteiger partial charge is 0.408 e. The molecule has 3 aromatic rings. The van der Waals surface area contributed by atoms with Crippen molar-refractivity contribution in [3.05, 3.63) is 82.3 Å². The standard InChI is InChI=1S/C77H122N14O16S/c1-17-47(6)63(59(105-15)42-60(94)91-39-24-29-58(91)64(106-16)49(8)65(95)86-57(70-80-38-40-108-70)41-51-25-19-18-20-26-51)90(14)71(100)62(46(4)5)88-73(102)77(12,13)89-75(104)107-44-52-30-32-53(33-31-52)83-67(97)56(28-23-37-82-74(79)103)85-69(99)61(45(2)3)87-68(98)55(84-66(96)54(78)43-92)27-21-22-36-81-72(101)76(10,11)35-34-48(7)50(9)93/h18-20,25-26,30-33,38,40,45-49,54-59,61-64,92H,17,21-24,27-29,34-37,39,41-44,78H2,1-16H3,(H,81,101)(H,83,97)(H,84,96)(H,85,99)(H,86,95)(H,87,98)(H,88,102)(H,89,104)(H3,79,82,103)/t47-,48+,49+,54+,55-,56-,57-,58-,59+,61-,62-,63-,64+/m0/s1. The minimum Gasteiger partial charge on any atom is -0.445 e. The van der Waals surface area contributed by atoms with Crippen LogP contribution in [-0.4, -0.2) is 199 Å². The molecule has 30 nitrogen and oxygen atoms in total. The molecule has 1 saturated heterocycles. The number of aliphatic hydroxyl groups is 1. The van der Waals surface area contributed by atoms with Gasteiger partial charge in [-0.3, -0.25) is 47.9 Å². The number of alkyl carbamates (subject to hydrolysis) is 1. The number of ether oxygens (including phenoxy) is 3. The number of hydrogen-bond donors (Lipinski definition) is 12. The summed E-state index contributed by atoms with van der Waals surface area (Å²) in [5.74, 6) is -6.79. The zero-order chi connectivity index (χ0) is 80.8. The van der Waals surface area contributed by atoms with E-state index in [1.54, 1.807) is 85.9 Å². The van der Waals surface area contributed by atoms with Gasteiger partial charge in [-0.25, -0.2) is 14.6 Å². The number of nitrogens with two attached hydrogens (primary N) is 2. The molecule has 1 fully saturated rings. The van der Waals surface area contributed by atoms with E-state index in [1.807, 2.05) is 56.5 Å². The fraction of sp³-hybridized carbons (Fsp3) is 0.649. The Morgan fingerprint density at radius 1 is 0.722 bits per heavy atom. The summed E-state index contributed by atoms with van der Waals surface area (Å²) in [6.07, 6.45) is 3.64. The molecular formula is C77H122N14O16S. The van der Waals surface area contributed by atoms with Crippen LogP contribution in [0.3, 0.4) is 0 Å². The molecule has 2 heterocycles. The van der Waals surface area contributed by atoms with E-state index in [2.05, 4.69) is 52.8 Å². The molecule has 1 aromatic heterocycles. The summed E-state index contributed by atoms with van der Waals surface area (Å²) in [5, 5.41) is 37.0. The van der Waals surface area contributed by atoms with E-state index in [0.717, 1.165) is 10.6 Å². The molecule has 12 amide bonds. The Morgan fingerprint density at radius 3 is 1.94 bits per heavy atom. The quantitative estimate of drug-likeness (QED) is 0.0313. The van der Waals surface area contributed by atoms with Crippen molar-refractivity contribution in [1.82, 2.24) is 57.3 Å². The van der Waals surface area contributed by atoms with Gasteiger partial charge in [-0.15, -0.1) is 11.3 Å². The van der Waals surface area contributed by atoms with Crippen molar-refractivity contribution in [2.45, 2.75) is 240 Å². The van der Waals surface area contributed by atoms with Gasteiger partial charge >= 0.3 is 12.1 Å². The lowest BCUT2D eigenvalue weighted by Gasteiger charge is -2.41. The molecule has 1 aliphatic heterocycles.